The molecule has 4 aromatic rings. The van der Waals surface area contributed by atoms with E-state index >= 15 is 0 Å². The van der Waals surface area contributed by atoms with E-state index in [2.05, 4.69) is 23.3 Å². The lowest BCUT2D eigenvalue weighted by molar-refractivity contribution is -0.848. The van der Waals surface area contributed by atoms with Crippen LogP contribution in [0.2, 0.25) is 0 Å². The number of nitrogen functional groups attached to an aromatic ring is 2. The lowest BCUT2D eigenvalue weighted by atomic mass is 9.74. The minimum absolute atomic E-state index is 0.0968. The highest BCUT2D eigenvalue weighted by atomic mass is 33.1. The van der Waals surface area contributed by atoms with E-state index in [1.165, 1.54) is 11.0 Å². The summed E-state index contributed by atoms with van der Waals surface area (Å²) in [5.41, 5.74) is 18.2. The first kappa shape index (κ1) is 36.5. The second-order valence-corrected chi connectivity index (χ2v) is 18.7. The van der Waals surface area contributed by atoms with Crippen molar-refractivity contribution in [1.82, 2.24) is 9.97 Å². The number of aromatic hydroxyl groups is 1. The van der Waals surface area contributed by atoms with Gasteiger partial charge >= 0.3 is 5.97 Å². The average Bonchev–Trinajstić information content (AvgIpc) is 3.47. The quantitative estimate of drug-likeness (QED) is 0.119. The fourth-order valence-corrected chi connectivity index (χ4v) is 11.8. The smallest absolute Gasteiger partial charge is 0.341 e. The minimum Gasteiger partial charge on any atom is -0.507 e. The van der Waals surface area contributed by atoms with E-state index in [0.717, 1.165) is 45.9 Å². The van der Waals surface area contributed by atoms with Gasteiger partial charge in [0, 0.05) is 58.9 Å². The first-order chi connectivity index (χ1) is 27.5. The van der Waals surface area contributed by atoms with E-state index in [0.29, 0.717) is 85.3 Å². The van der Waals surface area contributed by atoms with Crippen LogP contribution in [-0.4, -0.2) is 62.5 Å². The molecule has 294 valence electrons. The number of nitrogens with two attached hydrogens (primary N) is 2. The number of fused-ring (bicyclic) bond motifs is 9. The molecule has 1 aromatic carbocycles. The Morgan fingerprint density at radius 1 is 1.07 bits per heavy atom. The van der Waals surface area contributed by atoms with Gasteiger partial charge in [-0.25, -0.2) is 14.8 Å². The van der Waals surface area contributed by atoms with Crippen LogP contribution in [-0.2, 0) is 33.0 Å². The number of quaternary nitrogens is 1. The van der Waals surface area contributed by atoms with Gasteiger partial charge < -0.3 is 35.2 Å². The summed E-state index contributed by atoms with van der Waals surface area (Å²) in [6.07, 6.45) is 8.40. The van der Waals surface area contributed by atoms with Crippen molar-refractivity contribution in [3.63, 3.8) is 0 Å². The molecular formula is C42H43N6O7S2+. The van der Waals surface area contributed by atoms with Crippen LogP contribution in [0.4, 0.5) is 11.6 Å². The molecule has 6 atom stereocenters. The number of phenols is 1. The number of aliphatic imine (C=N–C) groups is 1. The third-order valence-corrected chi connectivity index (χ3v) is 14.6. The van der Waals surface area contributed by atoms with Crippen molar-refractivity contribution in [3.05, 3.63) is 92.7 Å². The van der Waals surface area contributed by atoms with E-state index in [4.69, 9.17) is 40.1 Å². The second kappa shape index (κ2) is 13.6. The molecule has 0 saturated carbocycles. The van der Waals surface area contributed by atoms with Crippen LogP contribution in [0.5, 0.6) is 11.5 Å². The highest BCUT2D eigenvalue weighted by Crippen LogP contribution is 2.55. The molecule has 6 aliphatic heterocycles. The molecule has 13 nitrogen and oxygen atoms in total. The zero-order valence-electron chi connectivity index (χ0n) is 31.6. The molecule has 15 heteroatoms. The molecule has 1 unspecified atom stereocenters. The van der Waals surface area contributed by atoms with Gasteiger partial charge in [0.15, 0.2) is 11.0 Å². The van der Waals surface area contributed by atoms with Crippen molar-refractivity contribution in [2.24, 2.45) is 4.99 Å². The molecule has 2 fully saturated rings. The van der Waals surface area contributed by atoms with Crippen LogP contribution >= 0.6 is 21.6 Å². The highest BCUT2D eigenvalue weighted by Gasteiger charge is 2.65. The molecule has 4 bridgehead atoms. The number of carbonyl (C=O) groups excluding carboxylic acids is 1. The van der Waals surface area contributed by atoms with Crippen LogP contribution in [0, 0.1) is 6.92 Å². The Balaban J connectivity index is 1.01. The summed E-state index contributed by atoms with van der Waals surface area (Å²) < 4.78 is 25.5. The van der Waals surface area contributed by atoms with Crippen LogP contribution in [0.3, 0.4) is 0 Å². The molecule has 10 rings (SSSR count). The van der Waals surface area contributed by atoms with Crippen LogP contribution in [0.25, 0.3) is 22.2 Å². The SMILES string of the molecule is Cc1cc(=O)c2c(O)c3c(cc2o1)O[C@@]1(C)CCSSCc2c(cc(C[NH+]4C=C5C=CN=C5C4)nc2N)-c2cc(cc(N)n2)CC[C@H]2O[C@]24CCC[C@@H]3[C@H]1OC4=O. The number of rotatable bonds is 2. The van der Waals surface area contributed by atoms with Crippen LogP contribution in [0.15, 0.2) is 68.6 Å². The number of allylic oxidation sites excluding steroid dienone is 1. The Morgan fingerprint density at radius 2 is 1.95 bits per heavy atom. The number of nitrogens with zero attached hydrogens (tertiary/aromatic N) is 3. The maximum atomic E-state index is 14.3. The van der Waals surface area contributed by atoms with Crippen LogP contribution < -0.4 is 26.5 Å². The number of hydrogen-bond acceptors (Lipinski definition) is 14. The number of ether oxygens (including phenoxy) is 3. The maximum Gasteiger partial charge on any atom is 0.341 e. The van der Waals surface area contributed by atoms with Crippen molar-refractivity contribution < 1.29 is 33.4 Å². The van der Waals surface area contributed by atoms with Gasteiger partial charge in [0.1, 0.15) is 76.6 Å². The van der Waals surface area contributed by atoms with Gasteiger partial charge in [-0.2, -0.15) is 0 Å². The van der Waals surface area contributed by atoms with Gasteiger partial charge in [0.05, 0.1) is 23.1 Å². The molecular weight excluding hydrogens is 765 g/mol. The molecule has 3 aromatic heterocycles. The van der Waals surface area contributed by atoms with E-state index in [9.17, 15) is 14.7 Å². The van der Waals surface area contributed by atoms with E-state index in [1.807, 2.05) is 25.3 Å². The number of hydrogen-bond donors (Lipinski definition) is 4. The molecule has 57 heavy (non-hydrogen) atoms. The van der Waals surface area contributed by atoms with Gasteiger partial charge in [-0.1, -0.05) is 21.6 Å². The average molecular weight is 808 g/mol. The van der Waals surface area contributed by atoms with E-state index in [-0.39, 0.29) is 28.3 Å². The number of carbonyl (C=O) groups is 1. The standard InChI is InChI=1S/C42H42N6O7S2/c1-21-12-30(49)36-31(52-21)16-32-35(37(36)50)25-4-3-8-42-33(55-42)6-5-22-13-28(47-34(43)14-22)26-15-24(18-48-17-23-7-10-45-29(23)19-48)46-39(44)27(26)20-57-56-11-9-41(2,54-32)38(25)53-40(42)51/h7,10,12-17,25,33,38,50H,3-6,8-9,11,18-20H2,1-2H3,(H2,43,47)(H2,44,46)/p+1/t25-,33+,38+,41-,42+/m0/s1. The fourth-order valence-electron chi connectivity index (χ4n) is 9.45. The topological polar surface area (TPSA) is 193 Å². The number of esters is 1. The summed E-state index contributed by atoms with van der Waals surface area (Å²) in [6.45, 7) is 5.09. The fraction of sp³-hybridized carbons (Fsp3) is 0.405. The highest BCUT2D eigenvalue weighted by molar-refractivity contribution is 8.76. The van der Waals surface area contributed by atoms with Gasteiger partial charge in [-0.05, 0) is 75.8 Å². The molecule has 0 amide bonds. The largest absolute Gasteiger partial charge is 0.507 e. The lowest BCUT2D eigenvalue weighted by Gasteiger charge is -2.47. The van der Waals surface area contributed by atoms with Gasteiger partial charge in [0.25, 0.3) is 0 Å². The number of pyridine rings is 2. The van der Waals surface area contributed by atoms with Crippen LogP contribution in [0.1, 0.15) is 73.1 Å². The molecule has 0 radical (unpaired) electrons. The number of phenolic OH excluding ortho intramolecular Hbond substituents is 1. The third kappa shape index (κ3) is 6.30. The maximum absolute atomic E-state index is 14.3. The minimum atomic E-state index is -1.07. The summed E-state index contributed by atoms with van der Waals surface area (Å²) >= 11 is 0. The monoisotopic (exact) mass is 807 g/mol. The van der Waals surface area contributed by atoms with Crippen molar-refractivity contribution in [1.29, 1.82) is 0 Å². The Bertz CT molecular complexity index is 2540. The predicted molar refractivity (Wildman–Crippen MR) is 219 cm³/mol. The Kier molecular flexibility index (Phi) is 8.74. The molecule has 1 spiro atoms. The molecule has 2 saturated heterocycles. The zero-order chi connectivity index (χ0) is 39.2. The van der Waals surface area contributed by atoms with Gasteiger partial charge in [-0.15, -0.1) is 0 Å². The van der Waals surface area contributed by atoms with Crippen molar-refractivity contribution >= 4 is 55.9 Å². The molecule has 9 heterocycles. The number of benzene rings is 1. The summed E-state index contributed by atoms with van der Waals surface area (Å²) in [5, 5.41) is 11.8. The number of aryl methyl sites for hydroxylation is 2. The molecule has 0 aliphatic carbocycles. The third-order valence-electron chi connectivity index (χ3n) is 12.3. The molecule has 6 N–H and O–H groups in total. The number of epoxide rings is 1. The van der Waals surface area contributed by atoms with Gasteiger partial charge in [0.2, 0.25) is 0 Å². The van der Waals surface area contributed by atoms with Gasteiger partial charge in [-0.3, -0.25) is 14.7 Å². The Hall–Kier alpha value is -4.83. The number of anilines is 2. The summed E-state index contributed by atoms with van der Waals surface area (Å²) in [5.74, 6) is 1.91. The van der Waals surface area contributed by atoms with Crippen molar-refractivity contribution in [2.75, 3.05) is 23.8 Å². The van der Waals surface area contributed by atoms with Crippen molar-refractivity contribution in [3.8, 4) is 22.8 Å². The van der Waals surface area contributed by atoms with E-state index < -0.39 is 29.2 Å². The first-order valence-corrected chi connectivity index (χ1v) is 21.9. The first-order valence-electron chi connectivity index (χ1n) is 19.5. The number of aromatic nitrogens is 2. The second-order valence-electron chi connectivity index (χ2n) is 16.2. The summed E-state index contributed by atoms with van der Waals surface area (Å²) in [7, 11) is 3.32. The normalized spacial score (nSPS) is 29.0. The van der Waals surface area contributed by atoms with Crippen molar-refractivity contribution in [2.45, 2.75) is 94.0 Å². The summed E-state index contributed by atoms with van der Waals surface area (Å²) in [4.78, 5) is 42.8. The lowest BCUT2D eigenvalue weighted by Crippen LogP contribution is -3.05. The van der Waals surface area contributed by atoms with E-state index in [1.54, 1.807) is 34.6 Å². The molecule has 6 aliphatic rings. The Labute approximate surface area is 336 Å². The summed E-state index contributed by atoms with van der Waals surface area (Å²) in [6, 6.07) is 9.10. The predicted octanol–water partition coefficient (Wildman–Crippen LogP) is 5.07. The number of nitrogens with one attached hydrogen (secondary N) is 1. The zero-order valence-corrected chi connectivity index (χ0v) is 33.3. The Morgan fingerprint density at radius 3 is 2.81 bits per heavy atom.